The normalized spacial score (nSPS) is 17.9. The van der Waals surface area contributed by atoms with E-state index in [1.807, 2.05) is 0 Å². The average molecular weight is 390 g/mol. The van der Waals surface area contributed by atoms with Gasteiger partial charge < -0.3 is 19.3 Å². The number of hydrogen-bond donors (Lipinski definition) is 1. The van der Waals surface area contributed by atoms with Crippen LogP contribution in [0, 0.1) is 0 Å². The number of carbonyl (C=O) groups excluding carboxylic acids is 2. The number of pyridine rings is 1. The van der Waals surface area contributed by atoms with Crippen LogP contribution in [0.3, 0.4) is 0 Å². The molecule has 1 aliphatic rings. The minimum atomic E-state index is -1.74. The van der Waals surface area contributed by atoms with E-state index >= 15 is 0 Å². The number of carbonyl (C=O) groups is 3. The SMILES string of the molecule is COc1cc(-n2ccc(N3CCOC([C@@H](OC(C)=O)C(=O)O)C3=O)n2)ccn1. The Bertz CT molecular complexity index is 897. The zero-order valence-electron chi connectivity index (χ0n) is 15.1. The summed E-state index contributed by atoms with van der Waals surface area (Å²) in [5, 5.41) is 13.6. The van der Waals surface area contributed by atoms with Gasteiger partial charge in [0.15, 0.2) is 11.9 Å². The monoisotopic (exact) mass is 390 g/mol. The maximum atomic E-state index is 12.8. The second kappa shape index (κ2) is 8.05. The maximum absolute atomic E-state index is 12.8. The molecule has 11 heteroatoms. The summed E-state index contributed by atoms with van der Waals surface area (Å²) in [6.07, 6.45) is 0.00518. The number of carboxylic acid groups (broad SMARTS) is 1. The van der Waals surface area contributed by atoms with E-state index in [-0.39, 0.29) is 13.2 Å². The first kappa shape index (κ1) is 19.3. The van der Waals surface area contributed by atoms with Crippen molar-refractivity contribution >= 4 is 23.7 Å². The number of nitrogens with zero attached hydrogens (tertiary/aromatic N) is 4. The summed E-state index contributed by atoms with van der Waals surface area (Å²) in [7, 11) is 1.50. The zero-order valence-corrected chi connectivity index (χ0v) is 15.1. The number of esters is 1. The highest BCUT2D eigenvalue weighted by atomic mass is 16.6. The molecule has 0 spiro atoms. The van der Waals surface area contributed by atoms with E-state index in [9.17, 15) is 19.5 Å². The van der Waals surface area contributed by atoms with Crippen molar-refractivity contribution in [3.05, 3.63) is 30.6 Å². The van der Waals surface area contributed by atoms with Gasteiger partial charge in [0.2, 0.25) is 12.0 Å². The summed E-state index contributed by atoms with van der Waals surface area (Å²) in [4.78, 5) is 40.7. The first-order valence-corrected chi connectivity index (χ1v) is 8.30. The minimum absolute atomic E-state index is 0.0669. The molecule has 0 bridgehead atoms. The Morgan fingerprint density at radius 1 is 1.39 bits per heavy atom. The number of carboxylic acids is 1. The van der Waals surface area contributed by atoms with Crippen LogP contribution in [0.15, 0.2) is 30.6 Å². The van der Waals surface area contributed by atoms with E-state index in [1.54, 1.807) is 30.6 Å². The summed E-state index contributed by atoms with van der Waals surface area (Å²) in [6.45, 7) is 1.31. The lowest BCUT2D eigenvalue weighted by molar-refractivity contribution is -0.177. The van der Waals surface area contributed by atoms with Crippen molar-refractivity contribution in [2.75, 3.05) is 25.2 Å². The van der Waals surface area contributed by atoms with Crippen LogP contribution in [0.2, 0.25) is 0 Å². The number of aromatic nitrogens is 3. The van der Waals surface area contributed by atoms with Gasteiger partial charge in [0.25, 0.3) is 5.91 Å². The van der Waals surface area contributed by atoms with Crippen molar-refractivity contribution < 1.29 is 33.7 Å². The third kappa shape index (κ3) is 3.93. The van der Waals surface area contributed by atoms with Crippen molar-refractivity contribution in [3.8, 4) is 11.6 Å². The standard InChI is InChI=1S/C17H18N4O7/c1-10(22)28-15(17(24)25)14-16(23)20(7-8-27-14)12-4-6-21(19-12)11-3-5-18-13(9-11)26-2/h3-6,9,14-15H,7-8H2,1-2H3,(H,24,25)/t14?,15-/m1/s1. The Morgan fingerprint density at radius 2 is 2.18 bits per heavy atom. The molecule has 11 nitrogen and oxygen atoms in total. The van der Waals surface area contributed by atoms with Gasteiger partial charge in [-0.2, -0.15) is 0 Å². The van der Waals surface area contributed by atoms with Gasteiger partial charge in [-0.05, 0) is 6.07 Å². The second-order valence-corrected chi connectivity index (χ2v) is 5.82. The molecule has 1 N–H and O–H groups in total. The number of morpholine rings is 1. The van der Waals surface area contributed by atoms with Crippen LogP contribution in [-0.4, -0.2) is 70.2 Å². The minimum Gasteiger partial charge on any atom is -0.481 e. The molecule has 3 heterocycles. The van der Waals surface area contributed by atoms with Crippen molar-refractivity contribution in [3.63, 3.8) is 0 Å². The first-order chi connectivity index (χ1) is 13.4. The van der Waals surface area contributed by atoms with Gasteiger partial charge in [-0.25, -0.2) is 14.5 Å². The molecule has 1 saturated heterocycles. The Hall–Kier alpha value is -3.47. The maximum Gasteiger partial charge on any atom is 0.348 e. The summed E-state index contributed by atoms with van der Waals surface area (Å²) < 4.78 is 16.6. The molecule has 1 fully saturated rings. The molecule has 0 aliphatic carbocycles. The highest BCUT2D eigenvalue weighted by molar-refractivity contribution is 5.99. The third-order valence-electron chi connectivity index (χ3n) is 3.98. The van der Waals surface area contributed by atoms with Gasteiger partial charge in [0.05, 0.1) is 25.9 Å². The summed E-state index contributed by atoms with van der Waals surface area (Å²) in [6, 6.07) is 4.99. The lowest BCUT2D eigenvalue weighted by Gasteiger charge is -2.33. The molecule has 2 atom stereocenters. The molecule has 3 rings (SSSR count). The molecular weight excluding hydrogens is 372 g/mol. The second-order valence-electron chi connectivity index (χ2n) is 5.82. The molecule has 28 heavy (non-hydrogen) atoms. The molecule has 0 radical (unpaired) electrons. The highest BCUT2D eigenvalue weighted by Gasteiger charge is 2.43. The van der Waals surface area contributed by atoms with Crippen molar-refractivity contribution in [1.82, 2.24) is 14.8 Å². The van der Waals surface area contributed by atoms with E-state index in [4.69, 9.17) is 14.2 Å². The van der Waals surface area contributed by atoms with Crippen LogP contribution < -0.4 is 9.64 Å². The molecular formula is C17H18N4O7. The Balaban J connectivity index is 1.83. The Morgan fingerprint density at radius 3 is 2.86 bits per heavy atom. The van der Waals surface area contributed by atoms with Crippen LogP contribution in [0.5, 0.6) is 5.88 Å². The Kier molecular flexibility index (Phi) is 5.54. The fourth-order valence-corrected chi connectivity index (χ4v) is 2.73. The summed E-state index contributed by atoms with van der Waals surface area (Å²) in [5.74, 6) is -2.23. The largest absolute Gasteiger partial charge is 0.481 e. The molecule has 0 saturated carbocycles. The van der Waals surface area contributed by atoms with Gasteiger partial charge in [0.1, 0.15) is 0 Å². The van der Waals surface area contributed by atoms with E-state index in [0.29, 0.717) is 17.4 Å². The number of methoxy groups -OCH3 is 1. The van der Waals surface area contributed by atoms with Crippen LogP contribution in [0.4, 0.5) is 5.82 Å². The fourth-order valence-electron chi connectivity index (χ4n) is 2.73. The average Bonchev–Trinajstić information content (AvgIpc) is 3.16. The molecule has 0 aromatic carbocycles. The number of rotatable bonds is 6. The number of ether oxygens (including phenoxy) is 3. The molecule has 2 aromatic heterocycles. The van der Waals surface area contributed by atoms with Crippen molar-refractivity contribution in [2.45, 2.75) is 19.1 Å². The number of amides is 1. The topological polar surface area (TPSA) is 133 Å². The molecule has 148 valence electrons. The quantitative estimate of drug-likeness (QED) is 0.678. The van der Waals surface area contributed by atoms with E-state index < -0.39 is 30.1 Å². The van der Waals surface area contributed by atoms with Gasteiger partial charge in [-0.15, -0.1) is 5.10 Å². The first-order valence-electron chi connectivity index (χ1n) is 8.30. The lowest BCUT2D eigenvalue weighted by atomic mass is 10.1. The Labute approximate surface area is 159 Å². The van der Waals surface area contributed by atoms with E-state index in [0.717, 1.165) is 6.92 Å². The van der Waals surface area contributed by atoms with Crippen LogP contribution >= 0.6 is 0 Å². The predicted molar refractivity (Wildman–Crippen MR) is 93.2 cm³/mol. The van der Waals surface area contributed by atoms with Crippen LogP contribution in [0.25, 0.3) is 5.69 Å². The van der Waals surface area contributed by atoms with Crippen molar-refractivity contribution in [1.29, 1.82) is 0 Å². The lowest BCUT2D eigenvalue weighted by Crippen LogP contribution is -2.55. The van der Waals surface area contributed by atoms with E-state index in [2.05, 4.69) is 10.1 Å². The summed E-state index contributed by atoms with van der Waals surface area (Å²) in [5.41, 5.74) is 0.665. The van der Waals surface area contributed by atoms with Gasteiger partial charge in [-0.3, -0.25) is 14.5 Å². The number of anilines is 1. The summed E-state index contributed by atoms with van der Waals surface area (Å²) >= 11 is 0. The number of hydrogen-bond acceptors (Lipinski definition) is 8. The highest BCUT2D eigenvalue weighted by Crippen LogP contribution is 2.22. The third-order valence-corrected chi connectivity index (χ3v) is 3.98. The fraction of sp³-hybridized carbons (Fsp3) is 0.353. The number of aliphatic carboxylic acids is 1. The zero-order chi connectivity index (χ0) is 20.3. The van der Waals surface area contributed by atoms with Crippen LogP contribution in [0.1, 0.15) is 6.92 Å². The molecule has 1 amide bonds. The molecule has 1 aliphatic heterocycles. The molecule has 1 unspecified atom stereocenters. The van der Waals surface area contributed by atoms with Crippen LogP contribution in [-0.2, 0) is 23.9 Å². The van der Waals surface area contributed by atoms with E-state index in [1.165, 1.54) is 16.7 Å². The predicted octanol–water partition coefficient (Wildman–Crippen LogP) is 0.0240. The van der Waals surface area contributed by atoms with Crippen molar-refractivity contribution in [2.24, 2.45) is 0 Å². The van der Waals surface area contributed by atoms with Gasteiger partial charge in [-0.1, -0.05) is 0 Å². The van der Waals surface area contributed by atoms with Gasteiger partial charge in [0, 0.05) is 31.5 Å². The smallest absolute Gasteiger partial charge is 0.348 e. The molecule has 2 aromatic rings. The van der Waals surface area contributed by atoms with Gasteiger partial charge >= 0.3 is 11.9 Å².